The van der Waals surface area contributed by atoms with Crippen LogP contribution >= 0.6 is 11.6 Å². The summed E-state index contributed by atoms with van der Waals surface area (Å²) in [7, 11) is -4.61. The van der Waals surface area contributed by atoms with E-state index in [0.29, 0.717) is 12.1 Å². The number of carbonyl (C=O) groups excluding carboxylic acids is 3. The Morgan fingerprint density at radius 1 is 1.17 bits per heavy atom. The molecule has 2 amide bonds. The molecule has 0 saturated heterocycles. The molecule has 162 valence electrons. The number of nitrogens with one attached hydrogen (secondary N) is 2. The molecule has 0 unspecified atom stereocenters. The molecule has 1 aromatic heterocycles. The highest BCUT2D eigenvalue weighted by Crippen LogP contribution is 2.33. The fourth-order valence-electron chi connectivity index (χ4n) is 1.95. The van der Waals surface area contributed by atoms with E-state index in [9.17, 15) is 36.0 Å². The molecular formula is C16H12ClF3N2O7S. The van der Waals surface area contributed by atoms with Gasteiger partial charge in [0, 0.05) is 0 Å². The molecule has 2 aromatic rings. The summed E-state index contributed by atoms with van der Waals surface area (Å²) in [5.74, 6) is -3.31. The smallest absolute Gasteiger partial charge is 0.416 e. The zero-order valence-electron chi connectivity index (χ0n) is 14.7. The van der Waals surface area contributed by atoms with Crippen LogP contribution in [0.2, 0.25) is 5.02 Å². The third kappa shape index (κ3) is 6.30. The maximum atomic E-state index is 12.8. The SMILES string of the molecule is O=C(COC(=O)CNS(=O)(=O)c1cc(C(F)(F)F)ccc1Cl)NC(=O)c1ccco1. The standard InChI is InChI=1S/C16H12ClF3N2O7S/c17-10-4-3-9(16(18,19)20)6-12(10)30(26,27)21-7-14(24)29-8-13(23)22-15(25)11-2-1-5-28-11/h1-6,21H,7-8H2,(H,22,23,25). The highest BCUT2D eigenvalue weighted by molar-refractivity contribution is 7.89. The molecule has 0 spiro atoms. The second kappa shape index (κ2) is 9.28. The first-order chi connectivity index (χ1) is 13.9. The van der Waals surface area contributed by atoms with E-state index >= 15 is 0 Å². The summed E-state index contributed by atoms with van der Waals surface area (Å²) in [5, 5.41) is 1.35. The number of rotatable bonds is 7. The van der Waals surface area contributed by atoms with Crippen LogP contribution in [0.5, 0.6) is 0 Å². The van der Waals surface area contributed by atoms with Crippen molar-refractivity contribution in [2.24, 2.45) is 0 Å². The van der Waals surface area contributed by atoms with Crippen LogP contribution in [0.4, 0.5) is 13.2 Å². The number of carbonyl (C=O) groups is 3. The molecule has 0 radical (unpaired) electrons. The summed E-state index contributed by atoms with van der Waals surface area (Å²) in [4.78, 5) is 33.8. The number of sulfonamides is 1. The Morgan fingerprint density at radius 2 is 1.87 bits per heavy atom. The summed E-state index contributed by atoms with van der Waals surface area (Å²) in [6, 6.07) is 4.34. The third-order valence-corrected chi connectivity index (χ3v) is 5.20. The maximum absolute atomic E-state index is 12.8. The van der Waals surface area contributed by atoms with Gasteiger partial charge in [0.25, 0.3) is 11.8 Å². The first-order valence-corrected chi connectivity index (χ1v) is 9.66. The fourth-order valence-corrected chi connectivity index (χ4v) is 3.44. The van der Waals surface area contributed by atoms with E-state index < -0.39 is 62.6 Å². The average Bonchev–Trinajstić information content (AvgIpc) is 3.19. The molecule has 0 saturated carbocycles. The van der Waals surface area contributed by atoms with Gasteiger partial charge < -0.3 is 9.15 Å². The van der Waals surface area contributed by atoms with Crippen LogP contribution in [-0.4, -0.2) is 39.4 Å². The van der Waals surface area contributed by atoms with Gasteiger partial charge in [0.15, 0.2) is 12.4 Å². The lowest BCUT2D eigenvalue weighted by Gasteiger charge is -2.12. The van der Waals surface area contributed by atoms with E-state index in [0.717, 1.165) is 6.07 Å². The zero-order chi connectivity index (χ0) is 22.5. The van der Waals surface area contributed by atoms with Crippen molar-refractivity contribution in [2.45, 2.75) is 11.1 Å². The Labute approximate surface area is 172 Å². The van der Waals surface area contributed by atoms with Crippen molar-refractivity contribution >= 4 is 39.4 Å². The molecule has 0 aliphatic rings. The van der Waals surface area contributed by atoms with E-state index in [2.05, 4.69) is 4.74 Å². The minimum Gasteiger partial charge on any atom is -0.459 e. The molecule has 1 heterocycles. The molecule has 2 N–H and O–H groups in total. The fraction of sp³-hybridized carbons (Fsp3) is 0.188. The molecule has 0 atom stereocenters. The van der Waals surface area contributed by atoms with E-state index in [-0.39, 0.29) is 5.76 Å². The van der Waals surface area contributed by atoms with Gasteiger partial charge in [-0.2, -0.15) is 17.9 Å². The molecule has 2 rings (SSSR count). The van der Waals surface area contributed by atoms with E-state index in [1.54, 1.807) is 4.72 Å². The minimum atomic E-state index is -4.81. The van der Waals surface area contributed by atoms with Crippen molar-refractivity contribution in [1.82, 2.24) is 10.0 Å². The van der Waals surface area contributed by atoms with Gasteiger partial charge >= 0.3 is 12.1 Å². The number of furan rings is 1. The molecule has 0 fully saturated rings. The summed E-state index contributed by atoms with van der Waals surface area (Å²) in [6.07, 6.45) is -3.61. The van der Waals surface area contributed by atoms with Gasteiger partial charge in [0.05, 0.1) is 16.8 Å². The minimum absolute atomic E-state index is 0.166. The van der Waals surface area contributed by atoms with Gasteiger partial charge in [0.2, 0.25) is 10.0 Å². The topological polar surface area (TPSA) is 132 Å². The normalized spacial score (nSPS) is 11.7. The van der Waals surface area contributed by atoms with Crippen LogP contribution in [0.1, 0.15) is 16.1 Å². The van der Waals surface area contributed by atoms with Crippen LogP contribution in [0.25, 0.3) is 0 Å². The quantitative estimate of drug-likeness (QED) is 0.591. The Hall–Kier alpha value is -2.90. The number of esters is 1. The second-order valence-electron chi connectivity index (χ2n) is 5.48. The average molecular weight is 469 g/mol. The number of alkyl halides is 3. The van der Waals surface area contributed by atoms with Gasteiger partial charge in [-0.15, -0.1) is 0 Å². The van der Waals surface area contributed by atoms with Gasteiger partial charge in [-0.25, -0.2) is 8.42 Å². The molecule has 0 aliphatic carbocycles. The van der Waals surface area contributed by atoms with Crippen LogP contribution in [0.3, 0.4) is 0 Å². The summed E-state index contributed by atoms with van der Waals surface area (Å²) < 4.78 is 73.5. The van der Waals surface area contributed by atoms with Gasteiger partial charge in [0.1, 0.15) is 11.4 Å². The summed E-state index contributed by atoms with van der Waals surface area (Å²) in [6.45, 7) is -1.92. The second-order valence-corrected chi connectivity index (χ2v) is 7.63. The van der Waals surface area contributed by atoms with Crippen molar-refractivity contribution in [2.75, 3.05) is 13.2 Å². The largest absolute Gasteiger partial charge is 0.459 e. The molecule has 9 nitrogen and oxygen atoms in total. The highest BCUT2D eigenvalue weighted by Gasteiger charge is 2.33. The highest BCUT2D eigenvalue weighted by atomic mass is 35.5. The van der Waals surface area contributed by atoms with Gasteiger partial charge in [-0.1, -0.05) is 11.6 Å². The van der Waals surface area contributed by atoms with Crippen LogP contribution in [0, 0.1) is 0 Å². The number of ether oxygens (including phenoxy) is 1. The number of halogens is 4. The van der Waals surface area contributed by atoms with Crippen LogP contribution in [-0.2, 0) is 30.5 Å². The van der Waals surface area contributed by atoms with Crippen molar-refractivity contribution in [1.29, 1.82) is 0 Å². The van der Waals surface area contributed by atoms with Gasteiger partial charge in [-0.05, 0) is 30.3 Å². The maximum Gasteiger partial charge on any atom is 0.416 e. The molecule has 0 bridgehead atoms. The summed E-state index contributed by atoms with van der Waals surface area (Å²) >= 11 is 5.64. The lowest BCUT2D eigenvalue weighted by molar-refractivity contribution is -0.147. The molecule has 14 heteroatoms. The first-order valence-electron chi connectivity index (χ1n) is 7.80. The number of imide groups is 1. The van der Waals surface area contributed by atoms with Crippen molar-refractivity contribution in [3.63, 3.8) is 0 Å². The predicted molar refractivity (Wildman–Crippen MR) is 93.8 cm³/mol. The Kier molecular flexibility index (Phi) is 7.23. The first kappa shape index (κ1) is 23.4. The number of hydrogen-bond donors (Lipinski definition) is 2. The number of hydrogen-bond acceptors (Lipinski definition) is 7. The third-order valence-electron chi connectivity index (χ3n) is 3.32. The van der Waals surface area contributed by atoms with Crippen molar-refractivity contribution in [3.8, 4) is 0 Å². The summed E-state index contributed by atoms with van der Waals surface area (Å²) in [5.41, 5.74) is -1.26. The zero-order valence-corrected chi connectivity index (χ0v) is 16.2. The lowest BCUT2D eigenvalue weighted by Crippen LogP contribution is -2.36. The van der Waals surface area contributed by atoms with Crippen LogP contribution < -0.4 is 10.0 Å². The van der Waals surface area contributed by atoms with E-state index in [1.165, 1.54) is 18.4 Å². The van der Waals surface area contributed by atoms with E-state index in [1.807, 2.05) is 5.32 Å². The molecule has 0 aliphatic heterocycles. The lowest BCUT2D eigenvalue weighted by atomic mass is 10.2. The Balaban J connectivity index is 1.91. The van der Waals surface area contributed by atoms with Crippen molar-refractivity contribution < 1.29 is 45.1 Å². The predicted octanol–water partition coefficient (Wildman–Crippen LogP) is 1.73. The molecular weight excluding hydrogens is 457 g/mol. The molecule has 1 aromatic carbocycles. The monoisotopic (exact) mass is 468 g/mol. The number of amides is 2. The van der Waals surface area contributed by atoms with Gasteiger partial charge in [-0.3, -0.25) is 19.7 Å². The van der Waals surface area contributed by atoms with E-state index in [4.69, 9.17) is 16.0 Å². The Morgan fingerprint density at radius 3 is 2.47 bits per heavy atom. The number of benzene rings is 1. The molecule has 30 heavy (non-hydrogen) atoms. The Bertz CT molecular complexity index is 1050. The van der Waals surface area contributed by atoms with Crippen LogP contribution in [0.15, 0.2) is 45.9 Å². The van der Waals surface area contributed by atoms with Crippen molar-refractivity contribution in [3.05, 3.63) is 52.9 Å².